The highest BCUT2D eigenvalue weighted by atomic mass is 19.1. The lowest BCUT2D eigenvalue weighted by Gasteiger charge is -2.35. The van der Waals surface area contributed by atoms with E-state index < -0.39 is 11.9 Å². The van der Waals surface area contributed by atoms with Gasteiger partial charge in [0.1, 0.15) is 23.4 Å². The summed E-state index contributed by atoms with van der Waals surface area (Å²) >= 11 is 0. The number of nitrogens with zero attached hydrogens (tertiary/aromatic N) is 1. The zero-order valence-corrected chi connectivity index (χ0v) is 15.3. The zero-order chi connectivity index (χ0) is 19.7. The Balaban J connectivity index is 1.62. The molecule has 1 aliphatic heterocycles. The Morgan fingerprint density at radius 3 is 2.61 bits per heavy atom. The van der Waals surface area contributed by atoms with Crippen molar-refractivity contribution in [3.63, 3.8) is 0 Å². The van der Waals surface area contributed by atoms with Gasteiger partial charge in [-0.3, -0.25) is 9.59 Å². The average Bonchev–Trinajstić information content (AvgIpc) is 3.13. The lowest BCUT2D eigenvalue weighted by atomic mass is 10.0. The number of amides is 2. The van der Waals surface area contributed by atoms with E-state index in [4.69, 9.17) is 4.42 Å². The number of aryl methyl sites for hydroxylation is 1. The van der Waals surface area contributed by atoms with Crippen molar-refractivity contribution in [2.45, 2.75) is 13.0 Å². The zero-order valence-electron chi connectivity index (χ0n) is 15.3. The van der Waals surface area contributed by atoms with Crippen LogP contribution in [-0.4, -0.2) is 29.8 Å². The number of piperazine rings is 1. The molecule has 6 heteroatoms. The molecule has 2 amide bonds. The molecule has 2 aromatic carbocycles. The molecule has 0 radical (unpaired) electrons. The van der Waals surface area contributed by atoms with Gasteiger partial charge in [0.15, 0.2) is 0 Å². The van der Waals surface area contributed by atoms with Crippen LogP contribution >= 0.6 is 0 Å². The molecule has 0 spiro atoms. The van der Waals surface area contributed by atoms with Gasteiger partial charge in [-0.25, -0.2) is 4.39 Å². The largest absolute Gasteiger partial charge is 0.461 e. The minimum atomic E-state index is -0.857. The van der Waals surface area contributed by atoms with Gasteiger partial charge in [-0.1, -0.05) is 24.3 Å². The van der Waals surface area contributed by atoms with Gasteiger partial charge in [-0.05, 0) is 48.9 Å². The van der Waals surface area contributed by atoms with Crippen LogP contribution in [0.2, 0.25) is 0 Å². The molecule has 0 saturated carbocycles. The van der Waals surface area contributed by atoms with Crippen molar-refractivity contribution in [2.75, 3.05) is 13.1 Å². The molecule has 1 fully saturated rings. The molecule has 142 valence electrons. The molecular weight excluding hydrogens is 359 g/mol. The SMILES string of the molecule is Cc1ccc(-c2ccc(C(=O)N3CCNC(=O)C3c3cccc(F)c3)cc2)o1. The van der Waals surface area contributed by atoms with Crippen LogP contribution < -0.4 is 5.32 Å². The van der Waals surface area contributed by atoms with E-state index in [2.05, 4.69) is 5.32 Å². The van der Waals surface area contributed by atoms with E-state index in [-0.39, 0.29) is 11.8 Å². The molecule has 0 bridgehead atoms. The smallest absolute Gasteiger partial charge is 0.254 e. The van der Waals surface area contributed by atoms with Gasteiger partial charge in [0.2, 0.25) is 5.91 Å². The van der Waals surface area contributed by atoms with E-state index in [0.717, 1.165) is 17.1 Å². The molecule has 1 aromatic heterocycles. The fourth-order valence-corrected chi connectivity index (χ4v) is 3.43. The monoisotopic (exact) mass is 378 g/mol. The van der Waals surface area contributed by atoms with E-state index in [1.807, 2.05) is 31.2 Å². The van der Waals surface area contributed by atoms with Gasteiger partial charge in [0.25, 0.3) is 5.91 Å². The normalized spacial score (nSPS) is 16.7. The highest BCUT2D eigenvalue weighted by molar-refractivity contribution is 5.98. The summed E-state index contributed by atoms with van der Waals surface area (Å²) in [5.41, 5.74) is 1.78. The molecule has 1 N–H and O–H groups in total. The Labute approximate surface area is 161 Å². The Morgan fingerprint density at radius 1 is 1.14 bits per heavy atom. The molecule has 1 saturated heterocycles. The summed E-state index contributed by atoms with van der Waals surface area (Å²) in [5, 5.41) is 2.75. The second-order valence-corrected chi connectivity index (χ2v) is 6.73. The molecule has 28 heavy (non-hydrogen) atoms. The van der Waals surface area contributed by atoms with Gasteiger partial charge >= 0.3 is 0 Å². The number of hydrogen-bond donors (Lipinski definition) is 1. The third kappa shape index (κ3) is 3.41. The first-order chi connectivity index (χ1) is 13.5. The van der Waals surface area contributed by atoms with Gasteiger partial charge in [-0.15, -0.1) is 0 Å². The first-order valence-electron chi connectivity index (χ1n) is 9.04. The maximum atomic E-state index is 13.7. The predicted molar refractivity (Wildman–Crippen MR) is 102 cm³/mol. The number of nitrogens with one attached hydrogen (secondary N) is 1. The van der Waals surface area contributed by atoms with E-state index >= 15 is 0 Å². The van der Waals surface area contributed by atoms with E-state index in [1.165, 1.54) is 23.1 Å². The summed E-state index contributed by atoms with van der Waals surface area (Å²) in [6.45, 7) is 2.58. The van der Waals surface area contributed by atoms with Crippen molar-refractivity contribution in [1.82, 2.24) is 10.2 Å². The lowest BCUT2D eigenvalue weighted by molar-refractivity contribution is -0.128. The number of carbonyl (C=O) groups excluding carboxylic acids is 2. The number of halogens is 1. The molecule has 5 nitrogen and oxygen atoms in total. The van der Waals surface area contributed by atoms with Crippen molar-refractivity contribution in [3.05, 3.63) is 83.4 Å². The second-order valence-electron chi connectivity index (χ2n) is 6.73. The first-order valence-corrected chi connectivity index (χ1v) is 9.04. The van der Waals surface area contributed by atoms with Crippen LogP contribution in [0.25, 0.3) is 11.3 Å². The average molecular weight is 378 g/mol. The molecule has 0 aliphatic carbocycles. The van der Waals surface area contributed by atoms with Crippen molar-refractivity contribution in [2.24, 2.45) is 0 Å². The van der Waals surface area contributed by atoms with Gasteiger partial charge in [0, 0.05) is 24.2 Å². The van der Waals surface area contributed by atoms with Crippen LogP contribution in [0, 0.1) is 12.7 Å². The summed E-state index contributed by atoms with van der Waals surface area (Å²) in [4.78, 5) is 27.0. The number of hydrogen-bond acceptors (Lipinski definition) is 3. The lowest BCUT2D eigenvalue weighted by Crippen LogP contribution is -2.52. The third-order valence-electron chi connectivity index (χ3n) is 4.79. The summed E-state index contributed by atoms with van der Waals surface area (Å²) in [6.07, 6.45) is 0. The minimum Gasteiger partial charge on any atom is -0.461 e. The van der Waals surface area contributed by atoms with Gasteiger partial charge in [-0.2, -0.15) is 0 Å². The third-order valence-corrected chi connectivity index (χ3v) is 4.79. The standard InChI is InChI=1S/C22H19FN2O3/c1-14-5-10-19(28-14)15-6-8-16(9-7-15)22(27)25-12-11-24-21(26)20(25)17-3-2-4-18(23)13-17/h2-10,13,20H,11-12H2,1H3,(H,24,26). The van der Waals surface area contributed by atoms with Crippen LogP contribution in [-0.2, 0) is 4.79 Å². The summed E-state index contributed by atoms with van der Waals surface area (Å²) in [5.74, 6) is 0.513. The Morgan fingerprint density at radius 2 is 1.93 bits per heavy atom. The maximum absolute atomic E-state index is 13.7. The maximum Gasteiger partial charge on any atom is 0.254 e. The van der Waals surface area contributed by atoms with Crippen LogP contribution in [0.3, 0.4) is 0 Å². The van der Waals surface area contributed by atoms with Crippen LogP contribution in [0.15, 0.2) is 65.1 Å². The van der Waals surface area contributed by atoms with Crippen LogP contribution in [0.1, 0.15) is 27.7 Å². The number of rotatable bonds is 3. The summed E-state index contributed by atoms with van der Waals surface area (Å²) in [6, 6.07) is 15.7. The van der Waals surface area contributed by atoms with E-state index in [0.29, 0.717) is 24.2 Å². The number of carbonyl (C=O) groups is 2. The number of benzene rings is 2. The molecule has 1 unspecified atom stereocenters. The molecular formula is C22H19FN2O3. The molecule has 1 atom stereocenters. The fraction of sp³-hybridized carbons (Fsp3) is 0.182. The Kier molecular flexibility index (Phi) is 4.69. The Hall–Kier alpha value is -3.41. The second kappa shape index (κ2) is 7.31. The Bertz CT molecular complexity index is 1030. The molecule has 2 heterocycles. The molecule has 4 rings (SSSR count). The predicted octanol–water partition coefficient (Wildman–Crippen LogP) is 3.71. The van der Waals surface area contributed by atoms with Crippen molar-refractivity contribution in [3.8, 4) is 11.3 Å². The topological polar surface area (TPSA) is 62.6 Å². The number of furan rings is 1. The molecule has 1 aliphatic rings. The first kappa shape index (κ1) is 18.0. The van der Waals surface area contributed by atoms with Crippen molar-refractivity contribution in [1.29, 1.82) is 0 Å². The molecule has 3 aromatic rings. The van der Waals surface area contributed by atoms with Crippen LogP contribution in [0.5, 0.6) is 0 Å². The van der Waals surface area contributed by atoms with Crippen molar-refractivity contribution >= 4 is 11.8 Å². The van der Waals surface area contributed by atoms with Gasteiger partial charge in [0.05, 0.1) is 0 Å². The van der Waals surface area contributed by atoms with E-state index in [1.54, 1.807) is 18.2 Å². The van der Waals surface area contributed by atoms with E-state index in [9.17, 15) is 14.0 Å². The fourth-order valence-electron chi connectivity index (χ4n) is 3.43. The quantitative estimate of drug-likeness (QED) is 0.756. The highest BCUT2D eigenvalue weighted by Crippen LogP contribution is 2.27. The highest BCUT2D eigenvalue weighted by Gasteiger charge is 2.35. The summed E-state index contributed by atoms with van der Waals surface area (Å²) in [7, 11) is 0. The van der Waals surface area contributed by atoms with Crippen LogP contribution in [0.4, 0.5) is 4.39 Å². The van der Waals surface area contributed by atoms with Gasteiger partial charge < -0.3 is 14.6 Å². The minimum absolute atomic E-state index is 0.272. The van der Waals surface area contributed by atoms with Crippen molar-refractivity contribution < 1.29 is 18.4 Å². The summed E-state index contributed by atoms with van der Waals surface area (Å²) < 4.78 is 19.3.